The van der Waals surface area contributed by atoms with E-state index in [9.17, 15) is 19.6 Å². The fraction of sp³-hybridized carbons (Fsp3) is 0.583. The average molecular weight is 451 g/mol. The number of fused-ring (bicyclic) bond motifs is 3. The minimum Gasteiger partial charge on any atom is -0.355 e. The molecular weight excluding hydrogens is 420 g/mol. The number of nitrogens with one attached hydrogen (secondary N) is 1. The summed E-state index contributed by atoms with van der Waals surface area (Å²) in [7, 11) is 1.60. The summed E-state index contributed by atoms with van der Waals surface area (Å²) in [6.45, 7) is 2.99. The lowest BCUT2D eigenvalue weighted by atomic mass is 10.0. The normalized spacial score (nSPS) is 31.8. The Balaban J connectivity index is 1.24. The van der Waals surface area contributed by atoms with E-state index in [-0.39, 0.29) is 47.9 Å². The molecule has 0 radical (unpaired) electrons. The zero-order valence-electron chi connectivity index (χ0n) is 19.0. The molecule has 5 rings (SSSR count). The van der Waals surface area contributed by atoms with Crippen molar-refractivity contribution in [2.75, 3.05) is 20.1 Å². The maximum absolute atomic E-state index is 13.3. The first-order valence-corrected chi connectivity index (χ1v) is 11.7. The number of rotatable bonds is 6. The fourth-order valence-electron chi connectivity index (χ4n) is 6.05. The Hall–Kier alpha value is -2.96. The van der Waals surface area contributed by atoms with Crippen molar-refractivity contribution in [3.05, 3.63) is 35.4 Å². The van der Waals surface area contributed by atoms with Crippen LogP contribution in [0, 0.1) is 17.2 Å². The van der Waals surface area contributed by atoms with Crippen molar-refractivity contribution >= 4 is 17.7 Å². The van der Waals surface area contributed by atoms with E-state index < -0.39 is 6.04 Å². The molecule has 4 aliphatic rings. The molecule has 3 aliphatic heterocycles. The van der Waals surface area contributed by atoms with E-state index in [1.54, 1.807) is 18.0 Å². The van der Waals surface area contributed by atoms with Crippen LogP contribution >= 0.6 is 0 Å². The van der Waals surface area contributed by atoms with Crippen LogP contribution < -0.4 is 11.1 Å². The maximum Gasteiger partial charge on any atom is 0.251 e. The Bertz CT molecular complexity index is 1040. The average Bonchev–Trinajstić information content (AvgIpc) is 3.15. The molecule has 1 aliphatic carbocycles. The molecule has 9 heteroatoms. The Kier molecular flexibility index (Phi) is 5.38. The summed E-state index contributed by atoms with van der Waals surface area (Å²) < 4.78 is 0. The first-order valence-electron chi connectivity index (χ1n) is 11.7. The number of likely N-dealkylation sites (tertiary alicyclic amines) is 3. The predicted molar refractivity (Wildman–Crippen MR) is 120 cm³/mol. The van der Waals surface area contributed by atoms with Gasteiger partial charge in [-0.25, -0.2) is 0 Å². The number of nitriles is 1. The highest BCUT2D eigenvalue weighted by Crippen LogP contribution is 2.48. The fourth-order valence-corrected chi connectivity index (χ4v) is 6.05. The van der Waals surface area contributed by atoms with Crippen molar-refractivity contribution in [1.29, 1.82) is 5.26 Å². The van der Waals surface area contributed by atoms with E-state index in [1.807, 2.05) is 34.9 Å². The first kappa shape index (κ1) is 21.9. The van der Waals surface area contributed by atoms with Gasteiger partial charge in [-0.1, -0.05) is 12.1 Å². The number of carbonyl (C=O) groups is 3. The molecule has 4 fully saturated rings. The summed E-state index contributed by atoms with van der Waals surface area (Å²) in [5, 5.41) is 12.0. The number of benzene rings is 1. The quantitative estimate of drug-likeness (QED) is 0.640. The van der Waals surface area contributed by atoms with Gasteiger partial charge in [-0.05, 0) is 49.8 Å². The molecule has 3 saturated heterocycles. The number of piperazine rings is 1. The van der Waals surface area contributed by atoms with E-state index in [1.165, 1.54) is 0 Å². The highest BCUT2D eigenvalue weighted by atomic mass is 16.2. The number of carbonyl (C=O) groups excluding carboxylic acids is 3. The summed E-state index contributed by atoms with van der Waals surface area (Å²) in [6.07, 6.45) is 2.44. The lowest BCUT2D eigenvalue weighted by Crippen LogP contribution is -2.57. The number of nitrogens with two attached hydrogens (primary N) is 1. The van der Waals surface area contributed by atoms with Crippen LogP contribution in [0.25, 0.3) is 0 Å². The molecule has 1 unspecified atom stereocenters. The van der Waals surface area contributed by atoms with Gasteiger partial charge >= 0.3 is 0 Å². The zero-order chi connectivity index (χ0) is 23.4. The largest absolute Gasteiger partial charge is 0.355 e. The van der Waals surface area contributed by atoms with Gasteiger partial charge in [0, 0.05) is 37.8 Å². The predicted octanol–water partition coefficient (Wildman–Crippen LogP) is 0.233. The van der Waals surface area contributed by atoms with Crippen LogP contribution in [0.15, 0.2) is 24.3 Å². The second-order valence-electron chi connectivity index (χ2n) is 9.78. The van der Waals surface area contributed by atoms with Gasteiger partial charge in [-0.2, -0.15) is 5.26 Å². The Morgan fingerprint density at radius 2 is 2.09 bits per heavy atom. The number of hydrogen-bond donors (Lipinski definition) is 2. The highest BCUT2D eigenvalue weighted by Gasteiger charge is 2.56. The molecular formula is C24H30N6O3. The van der Waals surface area contributed by atoms with Crippen molar-refractivity contribution in [2.45, 2.75) is 62.4 Å². The van der Waals surface area contributed by atoms with Gasteiger partial charge in [0.2, 0.25) is 11.8 Å². The summed E-state index contributed by atoms with van der Waals surface area (Å²) in [4.78, 5) is 43.9. The van der Waals surface area contributed by atoms with Crippen molar-refractivity contribution in [1.82, 2.24) is 20.0 Å². The lowest BCUT2D eigenvalue weighted by Gasteiger charge is -2.38. The molecule has 174 valence electrons. The van der Waals surface area contributed by atoms with Gasteiger partial charge in [0.1, 0.15) is 6.04 Å². The minimum absolute atomic E-state index is 0.0436. The van der Waals surface area contributed by atoms with Gasteiger partial charge < -0.3 is 20.9 Å². The lowest BCUT2D eigenvalue weighted by molar-refractivity contribution is -0.141. The molecule has 0 spiro atoms. The van der Waals surface area contributed by atoms with Crippen molar-refractivity contribution < 1.29 is 14.4 Å². The van der Waals surface area contributed by atoms with Crippen molar-refractivity contribution in [3.63, 3.8) is 0 Å². The summed E-state index contributed by atoms with van der Waals surface area (Å²) >= 11 is 0. The van der Waals surface area contributed by atoms with Gasteiger partial charge in [-0.15, -0.1) is 0 Å². The van der Waals surface area contributed by atoms with Gasteiger partial charge in [0.15, 0.2) is 0 Å². The van der Waals surface area contributed by atoms with Gasteiger partial charge in [-0.3, -0.25) is 19.3 Å². The molecule has 2 bridgehead atoms. The molecule has 3 N–H and O–H groups in total. The molecule has 1 saturated carbocycles. The third-order valence-electron chi connectivity index (χ3n) is 7.85. The van der Waals surface area contributed by atoms with Crippen LogP contribution in [0.2, 0.25) is 0 Å². The zero-order valence-corrected chi connectivity index (χ0v) is 19.0. The topological polar surface area (TPSA) is 123 Å². The molecule has 1 aromatic rings. The van der Waals surface area contributed by atoms with E-state index in [0.717, 1.165) is 18.4 Å². The van der Waals surface area contributed by atoms with Crippen LogP contribution in [0.1, 0.15) is 48.1 Å². The summed E-state index contributed by atoms with van der Waals surface area (Å²) in [6, 6.07) is 8.30. The third kappa shape index (κ3) is 3.58. The van der Waals surface area contributed by atoms with Crippen LogP contribution in [-0.2, 0) is 9.59 Å². The van der Waals surface area contributed by atoms with Gasteiger partial charge in [0.25, 0.3) is 5.91 Å². The standard InChI is InChI=1S/C24H30N6O3/c1-13(14-4-3-5-15(6-14)22(31)27-2)29-18-9-21(24(29)33)28(11-18)12-19(26)23(32)30-17(10-25)7-16-8-20(16)30/h3-6,13,16-21H,7-9,11-12,26H2,1-2H3,(H,27,31)/t13-,16+,17-,18-,19-,20?,21-/m0/s1. The molecule has 3 amide bonds. The minimum atomic E-state index is -0.734. The van der Waals surface area contributed by atoms with Crippen LogP contribution in [0.3, 0.4) is 0 Å². The van der Waals surface area contributed by atoms with Gasteiger partial charge in [0.05, 0.1) is 24.2 Å². The van der Waals surface area contributed by atoms with E-state index >= 15 is 0 Å². The number of nitrogens with zero attached hydrogens (tertiary/aromatic N) is 4. The van der Waals surface area contributed by atoms with Crippen LogP contribution in [0.5, 0.6) is 0 Å². The molecule has 1 aromatic carbocycles. The van der Waals surface area contributed by atoms with Crippen LogP contribution in [0.4, 0.5) is 0 Å². The molecule has 33 heavy (non-hydrogen) atoms. The highest BCUT2D eigenvalue weighted by molar-refractivity contribution is 5.94. The second-order valence-corrected chi connectivity index (χ2v) is 9.78. The van der Waals surface area contributed by atoms with Crippen molar-refractivity contribution in [3.8, 4) is 6.07 Å². The second kappa shape index (κ2) is 8.12. The Morgan fingerprint density at radius 1 is 1.30 bits per heavy atom. The molecule has 3 heterocycles. The van der Waals surface area contributed by atoms with Crippen LogP contribution in [-0.4, -0.2) is 82.8 Å². The monoisotopic (exact) mass is 450 g/mol. The molecule has 7 atom stereocenters. The number of hydrogen-bond acceptors (Lipinski definition) is 6. The van der Waals surface area contributed by atoms with Crippen molar-refractivity contribution in [2.24, 2.45) is 11.7 Å². The van der Waals surface area contributed by atoms with E-state index in [4.69, 9.17) is 5.73 Å². The number of amides is 3. The Morgan fingerprint density at radius 3 is 2.79 bits per heavy atom. The van der Waals surface area contributed by atoms with E-state index in [2.05, 4.69) is 11.4 Å². The third-order valence-corrected chi connectivity index (χ3v) is 7.85. The SMILES string of the molecule is CNC(=O)c1cccc([C@H](C)N2C(=O)[C@@H]3C[C@H]2CN3C[C@H](N)C(=O)N2C3C[C@H]3C[C@H]2C#N)c1. The maximum atomic E-state index is 13.3. The summed E-state index contributed by atoms with van der Waals surface area (Å²) in [5.74, 6) is 0.171. The molecule has 9 nitrogen and oxygen atoms in total. The first-order chi connectivity index (χ1) is 15.8. The molecule has 0 aromatic heterocycles. The summed E-state index contributed by atoms with van der Waals surface area (Å²) in [5.41, 5.74) is 7.78. The Labute approximate surface area is 193 Å². The number of piperidine rings is 1. The van der Waals surface area contributed by atoms with E-state index in [0.29, 0.717) is 31.0 Å². The smallest absolute Gasteiger partial charge is 0.251 e.